The number of carbonyl (C=O) groups is 1. The van der Waals surface area contributed by atoms with Crippen LogP contribution in [0.5, 0.6) is 5.75 Å². The molecule has 3 aliphatic rings. The number of nitrogens with zero attached hydrogens (tertiary/aromatic N) is 5. The molecule has 0 saturated carbocycles. The van der Waals surface area contributed by atoms with Gasteiger partial charge in [-0.05, 0) is 83.4 Å². The molecular formula is C37H39F2N5O5S. The number of aromatic nitrogens is 3. The Hall–Kier alpha value is -4.25. The molecule has 2 aromatic carbocycles. The summed E-state index contributed by atoms with van der Waals surface area (Å²) in [5, 5.41) is 1.29. The summed E-state index contributed by atoms with van der Waals surface area (Å²) >= 11 is -1.62. The van der Waals surface area contributed by atoms with E-state index in [9.17, 15) is 9.35 Å². The Kier molecular flexibility index (Phi) is 8.99. The van der Waals surface area contributed by atoms with Crippen molar-refractivity contribution in [2.45, 2.75) is 88.7 Å². The quantitative estimate of drug-likeness (QED) is 0.0961. The summed E-state index contributed by atoms with van der Waals surface area (Å²) in [4.78, 5) is 31.8. The summed E-state index contributed by atoms with van der Waals surface area (Å²) in [6.07, 6.45) is 8.90. The van der Waals surface area contributed by atoms with Crippen LogP contribution in [0.4, 0.5) is 19.4 Å². The van der Waals surface area contributed by atoms with Crippen molar-refractivity contribution < 1.29 is 32.3 Å². The second-order valence-corrected chi connectivity index (χ2v) is 15.5. The van der Waals surface area contributed by atoms with Crippen LogP contribution in [0.2, 0.25) is 0 Å². The molecule has 0 radical (unpaired) electrons. The predicted octanol–water partition coefficient (Wildman–Crippen LogP) is 6.51. The van der Waals surface area contributed by atoms with Gasteiger partial charge in [0.2, 0.25) is 0 Å². The third-order valence-corrected chi connectivity index (χ3v) is 10.8. The number of fused-ring (bicyclic) bond motifs is 6. The van der Waals surface area contributed by atoms with Crippen molar-refractivity contribution in [1.29, 1.82) is 0 Å². The third kappa shape index (κ3) is 5.87. The topological polar surface area (TPSA) is 113 Å². The van der Waals surface area contributed by atoms with E-state index in [4.69, 9.17) is 30.6 Å². The number of hydrogen-bond acceptors (Lipinski definition) is 9. The number of methoxy groups -OCH3 is 1. The van der Waals surface area contributed by atoms with Gasteiger partial charge < -0.3 is 23.7 Å². The Balaban J connectivity index is 1.45. The fourth-order valence-electron chi connectivity index (χ4n) is 7.66. The number of aryl methyl sites for hydroxylation is 1. The first-order valence-corrected chi connectivity index (χ1v) is 18.2. The van der Waals surface area contributed by atoms with Crippen LogP contribution in [0.3, 0.4) is 0 Å². The van der Waals surface area contributed by atoms with Gasteiger partial charge in [-0.25, -0.2) is 18.6 Å². The molecule has 7 rings (SSSR count). The fourth-order valence-corrected chi connectivity index (χ4v) is 8.30. The highest BCUT2D eigenvalue weighted by Crippen LogP contribution is 2.45. The molecule has 1 amide bonds. The van der Waals surface area contributed by atoms with E-state index in [1.807, 2.05) is 25.7 Å². The molecule has 262 valence electrons. The molecule has 4 atom stereocenters. The van der Waals surface area contributed by atoms with Crippen molar-refractivity contribution in [3.63, 3.8) is 0 Å². The second-order valence-electron chi connectivity index (χ2n) is 13.9. The lowest BCUT2D eigenvalue weighted by Gasteiger charge is -2.48. The Morgan fingerprint density at radius 1 is 1.12 bits per heavy atom. The first kappa shape index (κ1) is 34.2. The molecule has 2 saturated heterocycles. The number of ether oxygens (including phenoxy) is 3. The largest absolute Gasteiger partial charge is 0.609 e. The van der Waals surface area contributed by atoms with Crippen LogP contribution in [0.15, 0.2) is 29.4 Å². The lowest BCUT2D eigenvalue weighted by atomic mass is 9.92. The number of rotatable bonds is 6. The number of amides is 1. The van der Waals surface area contributed by atoms with Crippen molar-refractivity contribution in [2.24, 2.45) is 0 Å². The number of pyridine rings is 1. The Morgan fingerprint density at radius 3 is 2.64 bits per heavy atom. The molecule has 50 heavy (non-hydrogen) atoms. The number of terminal acetylenes is 1. The van der Waals surface area contributed by atoms with Gasteiger partial charge in [-0.1, -0.05) is 12.0 Å². The highest BCUT2D eigenvalue weighted by molar-refractivity contribution is 7.91. The smallest absolute Gasteiger partial charge is 0.410 e. The summed E-state index contributed by atoms with van der Waals surface area (Å²) in [7, 11) is 1.48. The highest BCUT2D eigenvalue weighted by atomic mass is 32.2. The van der Waals surface area contributed by atoms with E-state index in [0.717, 1.165) is 12.8 Å². The molecule has 1 unspecified atom stereocenters. The van der Waals surface area contributed by atoms with Gasteiger partial charge >= 0.3 is 11.2 Å². The molecule has 2 bridgehead atoms. The van der Waals surface area contributed by atoms with E-state index in [2.05, 4.69) is 15.8 Å². The van der Waals surface area contributed by atoms with Crippen molar-refractivity contribution in [3.05, 3.63) is 47.2 Å². The van der Waals surface area contributed by atoms with E-state index in [1.165, 1.54) is 13.2 Å². The zero-order valence-electron chi connectivity index (χ0n) is 28.7. The summed E-state index contributed by atoms with van der Waals surface area (Å²) in [5.74, 6) is 2.08. The Morgan fingerprint density at radius 2 is 1.92 bits per heavy atom. The van der Waals surface area contributed by atoms with Crippen LogP contribution < -0.4 is 9.64 Å². The normalized spacial score (nSPS) is 20.7. The maximum atomic E-state index is 17.3. The molecular weight excluding hydrogens is 664 g/mol. The van der Waals surface area contributed by atoms with Crippen molar-refractivity contribution in [3.8, 4) is 29.4 Å². The minimum Gasteiger partial charge on any atom is -0.609 e. The molecule has 0 N–H and O–H groups in total. The molecule has 10 nitrogen and oxygen atoms in total. The molecule has 0 spiro atoms. The van der Waals surface area contributed by atoms with E-state index in [-0.39, 0.29) is 64.3 Å². The first-order valence-electron chi connectivity index (χ1n) is 16.9. The maximum absolute atomic E-state index is 17.3. The SMILES string of the molecule is C#Cc1c(F)ccc2cc(OCOC)cc(-c3nc4c5c(nc([S+]([O-])CC)nc5c3F)N3C[C@H]5CC[C@@H]([C@H]3CCC4)N5C(=O)OC(C)(C)C)c12. The molecule has 2 aromatic heterocycles. The Bertz CT molecular complexity index is 2050. The van der Waals surface area contributed by atoms with Gasteiger partial charge in [-0.3, -0.25) is 4.90 Å². The number of carbonyl (C=O) groups excluding carboxylic acids is 1. The summed E-state index contributed by atoms with van der Waals surface area (Å²) in [6, 6.07) is 5.68. The second kappa shape index (κ2) is 13.1. The zero-order valence-corrected chi connectivity index (χ0v) is 29.5. The van der Waals surface area contributed by atoms with Gasteiger partial charge in [0.25, 0.3) is 0 Å². The molecule has 2 fully saturated rings. The van der Waals surface area contributed by atoms with Crippen LogP contribution in [0.25, 0.3) is 32.9 Å². The van der Waals surface area contributed by atoms with E-state index < -0.39 is 28.4 Å². The van der Waals surface area contributed by atoms with Crippen molar-refractivity contribution >= 4 is 44.8 Å². The lowest BCUT2D eigenvalue weighted by Crippen LogP contribution is -2.62. The van der Waals surface area contributed by atoms with Crippen molar-refractivity contribution in [2.75, 3.05) is 31.1 Å². The molecule has 0 aliphatic carbocycles. The average molecular weight is 704 g/mol. The van der Waals surface area contributed by atoms with Crippen LogP contribution >= 0.6 is 0 Å². The minimum atomic E-state index is -1.62. The maximum Gasteiger partial charge on any atom is 0.410 e. The van der Waals surface area contributed by atoms with Gasteiger partial charge in [0.15, 0.2) is 12.6 Å². The standard InChI is InChI=1S/C37H39F2N5O5S/c1-7-23-25(38)14-12-20-16-22(48-19-47-6)17-24(29(20)23)32-31(39)33-30-26(40-32)10-9-11-27-28-15-13-21(44(28)36(45)49-37(3,4)5)18-43(27)34(30)42-35(41-33)50(46)8-2/h1,12,14,16-17,21,27-28H,8-11,13,15,18-19H2,2-6H3/t21-,27-,28+,50?/m1/s1. The minimum absolute atomic E-state index is 0.00985. The van der Waals surface area contributed by atoms with E-state index in [1.54, 1.807) is 25.1 Å². The number of hydrogen-bond donors (Lipinski definition) is 0. The summed E-state index contributed by atoms with van der Waals surface area (Å²) in [6.45, 7) is 7.70. The predicted molar refractivity (Wildman–Crippen MR) is 187 cm³/mol. The summed E-state index contributed by atoms with van der Waals surface area (Å²) < 4.78 is 62.4. The average Bonchev–Trinajstić information content (AvgIpc) is 3.41. The van der Waals surface area contributed by atoms with Crippen LogP contribution in [-0.2, 0) is 27.1 Å². The molecule has 5 heterocycles. The van der Waals surface area contributed by atoms with Gasteiger partial charge in [0.1, 0.15) is 39.9 Å². The van der Waals surface area contributed by atoms with E-state index >= 15 is 8.78 Å². The number of anilines is 1. The Labute approximate surface area is 292 Å². The fraction of sp³-hybridized carbons (Fsp3) is 0.459. The van der Waals surface area contributed by atoms with Crippen molar-refractivity contribution in [1.82, 2.24) is 19.9 Å². The monoisotopic (exact) mass is 703 g/mol. The molecule has 13 heteroatoms. The van der Waals surface area contributed by atoms with E-state index in [0.29, 0.717) is 59.2 Å². The zero-order chi connectivity index (χ0) is 35.5. The van der Waals surface area contributed by atoms with Gasteiger partial charge in [-0.2, -0.15) is 9.97 Å². The van der Waals surface area contributed by atoms with Crippen LogP contribution in [-0.4, -0.2) is 80.4 Å². The van der Waals surface area contributed by atoms with Crippen LogP contribution in [0.1, 0.15) is 64.6 Å². The first-order chi connectivity index (χ1) is 23.9. The third-order valence-electron chi connectivity index (χ3n) is 9.66. The van der Waals surface area contributed by atoms with Gasteiger partial charge in [-0.15, -0.1) is 6.42 Å². The molecule has 4 aromatic rings. The number of halogens is 2. The number of benzene rings is 2. The number of piperazine rings is 1. The lowest BCUT2D eigenvalue weighted by molar-refractivity contribution is 0.00700. The highest BCUT2D eigenvalue weighted by Gasteiger charge is 2.50. The van der Waals surface area contributed by atoms with Gasteiger partial charge in [0.05, 0.1) is 34.8 Å². The summed E-state index contributed by atoms with van der Waals surface area (Å²) in [5.41, 5.74) is 0.0308. The van der Waals surface area contributed by atoms with Gasteiger partial charge in [0, 0.05) is 35.8 Å². The van der Waals surface area contributed by atoms with Crippen LogP contribution in [0, 0.1) is 24.0 Å². The molecule has 3 aliphatic heterocycles.